The van der Waals surface area contributed by atoms with E-state index in [2.05, 4.69) is 10.6 Å². The maximum atomic E-state index is 12.1. The maximum absolute atomic E-state index is 12.1. The third-order valence-electron chi connectivity index (χ3n) is 2.76. The van der Waals surface area contributed by atoms with Gasteiger partial charge in [-0.25, -0.2) is 8.42 Å². The molecular weight excluding hydrogens is 276 g/mol. The summed E-state index contributed by atoms with van der Waals surface area (Å²) in [7, 11) is -2.97. The second kappa shape index (κ2) is 7.28. The van der Waals surface area contributed by atoms with Gasteiger partial charge in [-0.3, -0.25) is 4.79 Å². The van der Waals surface area contributed by atoms with Gasteiger partial charge in [0.25, 0.3) is 5.91 Å². The number of aryl methyl sites for hydroxylation is 1. The molecule has 112 valence electrons. The number of carbonyl (C=O) groups excluding carboxylic acids is 1. The number of sulfone groups is 1. The number of anilines is 1. The zero-order valence-corrected chi connectivity index (χ0v) is 13.0. The average Bonchev–Trinajstić information content (AvgIpc) is 2.35. The lowest BCUT2D eigenvalue weighted by atomic mass is 10.1. The van der Waals surface area contributed by atoms with Crippen LogP contribution in [0.1, 0.15) is 29.3 Å². The molecule has 1 aromatic carbocycles. The van der Waals surface area contributed by atoms with Crippen LogP contribution < -0.4 is 10.6 Å². The van der Waals surface area contributed by atoms with Gasteiger partial charge in [-0.1, -0.05) is 11.6 Å². The quantitative estimate of drug-likeness (QED) is 0.750. The molecule has 2 N–H and O–H groups in total. The highest BCUT2D eigenvalue weighted by Crippen LogP contribution is 2.17. The Bertz CT molecular complexity index is 568. The molecule has 1 amide bonds. The molecule has 0 bridgehead atoms. The minimum atomic E-state index is -2.97. The molecule has 0 aromatic heterocycles. The van der Waals surface area contributed by atoms with E-state index in [4.69, 9.17) is 0 Å². The summed E-state index contributed by atoms with van der Waals surface area (Å²) in [6.45, 7) is 4.98. The van der Waals surface area contributed by atoms with Crippen LogP contribution in [0.5, 0.6) is 0 Å². The van der Waals surface area contributed by atoms with Gasteiger partial charge in [0.1, 0.15) is 9.84 Å². The summed E-state index contributed by atoms with van der Waals surface area (Å²) >= 11 is 0. The molecule has 1 rings (SSSR count). The first-order chi connectivity index (χ1) is 9.33. The normalized spacial score (nSPS) is 11.2. The lowest BCUT2D eigenvalue weighted by Gasteiger charge is -2.12. The van der Waals surface area contributed by atoms with Gasteiger partial charge in [-0.2, -0.15) is 0 Å². The van der Waals surface area contributed by atoms with E-state index in [1.54, 1.807) is 0 Å². The van der Waals surface area contributed by atoms with Crippen LogP contribution in [-0.4, -0.2) is 39.4 Å². The summed E-state index contributed by atoms with van der Waals surface area (Å²) in [5.74, 6) is -0.0978. The first-order valence-electron chi connectivity index (χ1n) is 6.64. The Kier molecular flexibility index (Phi) is 6.01. The largest absolute Gasteiger partial charge is 0.385 e. The van der Waals surface area contributed by atoms with E-state index >= 15 is 0 Å². The van der Waals surface area contributed by atoms with E-state index < -0.39 is 9.84 Å². The van der Waals surface area contributed by atoms with Gasteiger partial charge in [-0.05, 0) is 32.4 Å². The molecule has 0 fully saturated rings. The third kappa shape index (κ3) is 5.61. The molecule has 1 aromatic rings. The van der Waals surface area contributed by atoms with Crippen LogP contribution in [0.15, 0.2) is 18.2 Å². The van der Waals surface area contributed by atoms with Crippen LogP contribution in [-0.2, 0) is 9.84 Å². The fourth-order valence-electron chi connectivity index (χ4n) is 1.82. The van der Waals surface area contributed by atoms with Crippen LogP contribution in [0.25, 0.3) is 0 Å². The van der Waals surface area contributed by atoms with Crippen molar-refractivity contribution in [3.05, 3.63) is 29.3 Å². The Balaban J connectivity index is 2.65. The Morgan fingerprint density at radius 3 is 2.60 bits per heavy atom. The zero-order valence-electron chi connectivity index (χ0n) is 12.2. The zero-order chi connectivity index (χ0) is 15.2. The summed E-state index contributed by atoms with van der Waals surface area (Å²) < 4.78 is 22.0. The number of rotatable bonds is 7. The van der Waals surface area contributed by atoms with Crippen LogP contribution in [0.2, 0.25) is 0 Å². The van der Waals surface area contributed by atoms with E-state index in [0.29, 0.717) is 18.5 Å². The summed E-state index contributed by atoms with van der Waals surface area (Å²) in [5.41, 5.74) is 2.39. The van der Waals surface area contributed by atoms with E-state index in [1.807, 2.05) is 32.0 Å². The SMILES string of the molecule is CCNc1ccc(C)cc1C(=O)NCCCS(C)(=O)=O. The number of hydrogen-bond acceptors (Lipinski definition) is 4. The number of carbonyl (C=O) groups is 1. The van der Waals surface area contributed by atoms with Crippen molar-refractivity contribution in [2.45, 2.75) is 20.3 Å². The second-order valence-electron chi connectivity index (χ2n) is 4.82. The number of nitrogens with one attached hydrogen (secondary N) is 2. The van der Waals surface area contributed by atoms with Gasteiger partial charge in [-0.15, -0.1) is 0 Å². The van der Waals surface area contributed by atoms with Crippen molar-refractivity contribution in [2.24, 2.45) is 0 Å². The van der Waals surface area contributed by atoms with Gasteiger partial charge < -0.3 is 10.6 Å². The molecule has 0 heterocycles. The van der Waals surface area contributed by atoms with Crippen molar-refractivity contribution in [3.8, 4) is 0 Å². The third-order valence-corrected chi connectivity index (χ3v) is 3.79. The Hall–Kier alpha value is -1.56. The Morgan fingerprint density at radius 2 is 2.00 bits per heavy atom. The Labute approximate surface area is 120 Å². The van der Waals surface area contributed by atoms with E-state index in [0.717, 1.165) is 17.8 Å². The van der Waals surface area contributed by atoms with Crippen molar-refractivity contribution in [1.82, 2.24) is 5.32 Å². The highest BCUT2D eigenvalue weighted by Gasteiger charge is 2.11. The van der Waals surface area contributed by atoms with Crippen LogP contribution in [0, 0.1) is 6.92 Å². The molecule has 0 aliphatic heterocycles. The molecule has 0 spiro atoms. The van der Waals surface area contributed by atoms with Gasteiger partial charge in [0.05, 0.1) is 11.3 Å². The predicted molar refractivity (Wildman–Crippen MR) is 82.0 cm³/mol. The molecule has 20 heavy (non-hydrogen) atoms. The number of amides is 1. The van der Waals surface area contributed by atoms with Crippen molar-refractivity contribution in [1.29, 1.82) is 0 Å². The van der Waals surface area contributed by atoms with Gasteiger partial charge in [0.15, 0.2) is 0 Å². The van der Waals surface area contributed by atoms with E-state index in [9.17, 15) is 13.2 Å². The highest BCUT2D eigenvalue weighted by molar-refractivity contribution is 7.90. The first kappa shape index (κ1) is 16.5. The first-order valence-corrected chi connectivity index (χ1v) is 8.70. The van der Waals surface area contributed by atoms with Gasteiger partial charge >= 0.3 is 0 Å². The summed E-state index contributed by atoms with van der Waals surface area (Å²) in [5, 5.41) is 5.90. The van der Waals surface area contributed by atoms with Crippen LogP contribution >= 0.6 is 0 Å². The minimum absolute atomic E-state index is 0.0845. The smallest absolute Gasteiger partial charge is 0.253 e. The lowest BCUT2D eigenvalue weighted by molar-refractivity contribution is 0.0954. The second-order valence-corrected chi connectivity index (χ2v) is 7.08. The molecule has 5 nitrogen and oxygen atoms in total. The van der Waals surface area contributed by atoms with Gasteiger partial charge in [0.2, 0.25) is 0 Å². The average molecular weight is 298 g/mol. The van der Waals surface area contributed by atoms with Crippen LogP contribution in [0.3, 0.4) is 0 Å². The van der Waals surface area contributed by atoms with Crippen molar-refractivity contribution >= 4 is 21.4 Å². The minimum Gasteiger partial charge on any atom is -0.385 e. The standard InChI is InChI=1S/C14H22N2O3S/c1-4-15-13-7-6-11(2)10-12(13)14(17)16-8-5-9-20(3,18)19/h6-7,10,15H,4-5,8-9H2,1-3H3,(H,16,17). The molecule has 6 heteroatoms. The monoisotopic (exact) mass is 298 g/mol. The molecule has 0 radical (unpaired) electrons. The fourth-order valence-corrected chi connectivity index (χ4v) is 2.49. The summed E-state index contributed by atoms with van der Waals surface area (Å²) in [6, 6.07) is 5.65. The number of hydrogen-bond donors (Lipinski definition) is 2. The molecule has 0 atom stereocenters. The van der Waals surface area contributed by atoms with Crippen molar-refractivity contribution < 1.29 is 13.2 Å². The lowest BCUT2D eigenvalue weighted by Crippen LogP contribution is -2.26. The van der Waals surface area contributed by atoms with E-state index in [1.165, 1.54) is 6.26 Å². The fraction of sp³-hybridized carbons (Fsp3) is 0.500. The molecule has 0 aliphatic rings. The van der Waals surface area contributed by atoms with E-state index in [-0.39, 0.29) is 11.7 Å². The molecular formula is C14H22N2O3S. The predicted octanol–water partition coefficient (Wildman–Crippen LogP) is 1.59. The molecule has 0 saturated carbocycles. The van der Waals surface area contributed by atoms with Crippen molar-refractivity contribution in [2.75, 3.05) is 30.4 Å². The molecule has 0 saturated heterocycles. The molecule has 0 unspecified atom stereocenters. The van der Waals surface area contributed by atoms with Crippen LogP contribution in [0.4, 0.5) is 5.69 Å². The number of benzene rings is 1. The van der Waals surface area contributed by atoms with Crippen molar-refractivity contribution in [3.63, 3.8) is 0 Å². The topological polar surface area (TPSA) is 75.3 Å². The summed E-state index contributed by atoms with van der Waals surface area (Å²) in [6.07, 6.45) is 1.62. The Morgan fingerprint density at radius 1 is 1.30 bits per heavy atom. The van der Waals surface area contributed by atoms with Gasteiger partial charge in [0, 0.05) is 25.0 Å². The highest BCUT2D eigenvalue weighted by atomic mass is 32.2. The molecule has 0 aliphatic carbocycles. The summed E-state index contributed by atoms with van der Waals surface area (Å²) in [4.78, 5) is 12.1. The maximum Gasteiger partial charge on any atom is 0.253 e.